The molecule has 0 unspecified atom stereocenters. The Balaban J connectivity index is 1.20. The molecule has 35 heavy (non-hydrogen) atoms. The number of likely N-dealkylation sites (N-methyl/N-ethyl adjacent to an activating group) is 1. The van der Waals surface area contributed by atoms with Crippen LogP contribution in [0.25, 0.3) is 11.1 Å². The second-order valence-corrected chi connectivity index (χ2v) is 10.8. The zero-order valence-corrected chi connectivity index (χ0v) is 19.9. The number of carbonyl (C=O) groups excluding carboxylic acids is 1. The lowest BCUT2D eigenvalue weighted by molar-refractivity contribution is -0.117. The van der Waals surface area contributed by atoms with Crippen molar-refractivity contribution in [1.82, 2.24) is 14.3 Å². The number of fused-ring (bicyclic) bond motifs is 3. The minimum atomic E-state index is -3.60. The molecule has 1 N–H and O–H groups in total. The van der Waals surface area contributed by atoms with Crippen molar-refractivity contribution in [1.29, 1.82) is 0 Å². The maximum Gasteiger partial charge on any atom is 0.304 e. The largest absolute Gasteiger partial charge is 0.474 e. The van der Waals surface area contributed by atoms with Gasteiger partial charge in [0.1, 0.15) is 18.1 Å². The van der Waals surface area contributed by atoms with Crippen molar-refractivity contribution in [2.45, 2.75) is 18.9 Å². The van der Waals surface area contributed by atoms with Crippen LogP contribution in [0.4, 0.5) is 22.9 Å². The molecule has 0 aliphatic carbocycles. The summed E-state index contributed by atoms with van der Waals surface area (Å²) in [4.78, 5) is 22.6. The van der Waals surface area contributed by atoms with Crippen LogP contribution in [-0.2, 0) is 15.0 Å². The number of nitrogens with one attached hydrogen (secondary N) is 1. The standard InChI is InChI=1S/C24H24N6O4S/c1-28-14-20-15-34-24-21(30(20)35(28,32)33)11-18(13-26-24)27-22-9-6-17(12-25-22)16-4-7-19(8-5-16)29-10-2-3-23(29)31/h4-9,11-13,20H,2-3,10,14-15H2,1H3,(H,25,27)/t20-/m0/s1. The van der Waals surface area contributed by atoms with Crippen molar-refractivity contribution >= 4 is 39.0 Å². The molecular weight excluding hydrogens is 468 g/mol. The number of rotatable bonds is 4. The van der Waals surface area contributed by atoms with Crippen LogP contribution in [0.1, 0.15) is 12.8 Å². The summed E-state index contributed by atoms with van der Waals surface area (Å²) < 4.78 is 33.9. The van der Waals surface area contributed by atoms with E-state index in [1.54, 1.807) is 25.5 Å². The fourth-order valence-corrected chi connectivity index (χ4v) is 6.28. The third-order valence-corrected chi connectivity index (χ3v) is 8.47. The molecule has 6 rings (SSSR count). The van der Waals surface area contributed by atoms with E-state index < -0.39 is 10.2 Å². The number of nitrogens with zero attached hydrogens (tertiary/aromatic N) is 5. The number of pyridine rings is 2. The molecule has 3 aromatic rings. The zero-order valence-electron chi connectivity index (χ0n) is 19.1. The summed E-state index contributed by atoms with van der Waals surface area (Å²) in [5.74, 6) is 1.07. The SMILES string of the molecule is CN1C[C@H]2COc3ncc(Nc4ccc(-c5ccc(N6CCCC6=O)cc5)cn4)cc3N2S1(=O)=O. The molecule has 0 radical (unpaired) electrons. The van der Waals surface area contributed by atoms with Gasteiger partial charge < -0.3 is 15.0 Å². The summed E-state index contributed by atoms with van der Waals surface area (Å²) in [6.07, 6.45) is 4.87. The average molecular weight is 493 g/mol. The first kappa shape index (κ1) is 21.8. The fourth-order valence-electron chi connectivity index (χ4n) is 4.74. The molecule has 2 saturated heterocycles. The van der Waals surface area contributed by atoms with Gasteiger partial charge in [-0.2, -0.15) is 12.7 Å². The van der Waals surface area contributed by atoms with E-state index in [1.165, 1.54) is 8.61 Å². The van der Waals surface area contributed by atoms with Crippen LogP contribution in [-0.4, -0.2) is 61.4 Å². The van der Waals surface area contributed by atoms with Crippen LogP contribution in [0.5, 0.6) is 5.88 Å². The van der Waals surface area contributed by atoms with Crippen LogP contribution in [0.2, 0.25) is 0 Å². The van der Waals surface area contributed by atoms with Crippen LogP contribution < -0.4 is 19.3 Å². The van der Waals surface area contributed by atoms with Gasteiger partial charge in [-0.15, -0.1) is 0 Å². The first-order valence-corrected chi connectivity index (χ1v) is 12.8. The van der Waals surface area contributed by atoms with E-state index in [-0.39, 0.29) is 18.6 Å². The van der Waals surface area contributed by atoms with Crippen molar-refractivity contribution in [3.63, 3.8) is 0 Å². The number of aromatic nitrogens is 2. The molecule has 3 aliphatic heterocycles. The minimum Gasteiger partial charge on any atom is -0.474 e. The van der Waals surface area contributed by atoms with Gasteiger partial charge in [0.2, 0.25) is 11.8 Å². The van der Waals surface area contributed by atoms with Crippen molar-refractivity contribution in [3.05, 3.63) is 54.9 Å². The highest BCUT2D eigenvalue weighted by atomic mass is 32.2. The predicted molar refractivity (Wildman–Crippen MR) is 132 cm³/mol. The van der Waals surface area contributed by atoms with Gasteiger partial charge in [-0.05, 0) is 42.3 Å². The number of amides is 1. The number of anilines is 4. The van der Waals surface area contributed by atoms with E-state index in [2.05, 4.69) is 15.3 Å². The van der Waals surface area contributed by atoms with Gasteiger partial charge in [0.15, 0.2) is 0 Å². The van der Waals surface area contributed by atoms with Gasteiger partial charge in [0.05, 0.1) is 17.9 Å². The lowest BCUT2D eigenvalue weighted by atomic mass is 10.1. The van der Waals surface area contributed by atoms with Crippen LogP contribution in [0.15, 0.2) is 54.9 Å². The second-order valence-electron chi connectivity index (χ2n) is 8.85. The highest BCUT2D eigenvalue weighted by molar-refractivity contribution is 7.90. The van der Waals surface area contributed by atoms with Gasteiger partial charge in [0, 0.05) is 44.0 Å². The molecule has 3 aliphatic rings. The lowest BCUT2D eigenvalue weighted by Gasteiger charge is -2.30. The summed E-state index contributed by atoms with van der Waals surface area (Å²) in [7, 11) is -2.03. The average Bonchev–Trinajstić information content (AvgIpc) is 3.39. The number of ether oxygens (including phenoxy) is 1. The summed E-state index contributed by atoms with van der Waals surface area (Å²) >= 11 is 0. The third kappa shape index (κ3) is 3.76. The summed E-state index contributed by atoms with van der Waals surface area (Å²) in [5.41, 5.74) is 3.89. The molecule has 0 saturated carbocycles. The summed E-state index contributed by atoms with van der Waals surface area (Å²) in [5, 5.41) is 3.19. The third-order valence-electron chi connectivity index (χ3n) is 6.55. The first-order chi connectivity index (χ1) is 16.9. The summed E-state index contributed by atoms with van der Waals surface area (Å²) in [6, 6.07) is 13.2. The van der Waals surface area contributed by atoms with E-state index in [4.69, 9.17) is 4.74 Å². The summed E-state index contributed by atoms with van der Waals surface area (Å²) in [6.45, 7) is 1.41. The Bertz CT molecular complexity index is 1390. The smallest absolute Gasteiger partial charge is 0.304 e. The fraction of sp³-hybridized carbons (Fsp3) is 0.292. The predicted octanol–water partition coefficient (Wildman–Crippen LogP) is 2.77. The van der Waals surface area contributed by atoms with Crippen molar-refractivity contribution in [2.24, 2.45) is 0 Å². The first-order valence-electron chi connectivity index (χ1n) is 11.4. The van der Waals surface area contributed by atoms with E-state index in [0.717, 1.165) is 29.8 Å². The van der Waals surface area contributed by atoms with E-state index in [0.29, 0.717) is 36.0 Å². The molecule has 1 aromatic carbocycles. The molecule has 1 amide bonds. The van der Waals surface area contributed by atoms with Crippen LogP contribution >= 0.6 is 0 Å². The monoisotopic (exact) mass is 492 g/mol. The number of hydrogen-bond acceptors (Lipinski definition) is 7. The molecule has 180 valence electrons. The van der Waals surface area contributed by atoms with Gasteiger partial charge in [-0.1, -0.05) is 12.1 Å². The van der Waals surface area contributed by atoms with Gasteiger partial charge >= 0.3 is 10.2 Å². The molecule has 5 heterocycles. The molecule has 10 nitrogen and oxygen atoms in total. The molecule has 2 fully saturated rings. The molecule has 1 atom stereocenters. The van der Waals surface area contributed by atoms with Crippen molar-refractivity contribution in [3.8, 4) is 17.0 Å². The Labute approximate surface area is 203 Å². The van der Waals surface area contributed by atoms with Gasteiger partial charge in [0.25, 0.3) is 0 Å². The maximum atomic E-state index is 12.8. The Morgan fingerprint density at radius 1 is 1.06 bits per heavy atom. The van der Waals surface area contributed by atoms with Gasteiger partial charge in [-0.3, -0.25) is 4.79 Å². The Kier molecular flexibility index (Phi) is 5.11. The van der Waals surface area contributed by atoms with Crippen molar-refractivity contribution in [2.75, 3.05) is 41.3 Å². The Hall–Kier alpha value is -3.70. The normalized spacial score (nSPS) is 20.9. The number of hydrogen-bond donors (Lipinski definition) is 1. The Morgan fingerprint density at radius 2 is 1.86 bits per heavy atom. The molecule has 0 spiro atoms. The maximum absolute atomic E-state index is 12.8. The minimum absolute atomic E-state index is 0.169. The zero-order chi connectivity index (χ0) is 24.2. The molecule has 2 aromatic heterocycles. The Morgan fingerprint density at radius 3 is 2.57 bits per heavy atom. The lowest BCUT2D eigenvalue weighted by Crippen LogP contribution is -2.42. The van der Waals surface area contributed by atoms with Gasteiger partial charge in [-0.25, -0.2) is 14.3 Å². The number of carbonyl (C=O) groups is 1. The quantitative estimate of drug-likeness (QED) is 0.597. The second kappa shape index (κ2) is 8.21. The molecule has 0 bridgehead atoms. The van der Waals surface area contributed by atoms with E-state index in [1.807, 2.05) is 41.3 Å². The highest BCUT2D eigenvalue weighted by Crippen LogP contribution is 2.40. The topological polar surface area (TPSA) is 108 Å². The van der Waals surface area contributed by atoms with Crippen LogP contribution in [0.3, 0.4) is 0 Å². The molecule has 11 heteroatoms. The van der Waals surface area contributed by atoms with Crippen LogP contribution in [0, 0.1) is 0 Å². The number of benzene rings is 1. The highest BCUT2D eigenvalue weighted by Gasteiger charge is 2.46. The van der Waals surface area contributed by atoms with E-state index >= 15 is 0 Å². The van der Waals surface area contributed by atoms with Crippen molar-refractivity contribution < 1.29 is 17.9 Å². The molecular formula is C24H24N6O4S. The van der Waals surface area contributed by atoms with E-state index in [9.17, 15) is 13.2 Å².